The number of nitrogens with zero attached hydrogens (tertiary/aromatic N) is 2. The highest BCUT2D eigenvalue weighted by Crippen LogP contribution is 2.27. The SMILES string of the molecule is CN(C)c1ccc(CN2CCC(C)(C)C(=O)C2)cc1. The summed E-state index contributed by atoms with van der Waals surface area (Å²) in [5.41, 5.74) is 2.35. The van der Waals surface area contributed by atoms with Crippen molar-refractivity contribution in [2.24, 2.45) is 5.41 Å². The van der Waals surface area contributed by atoms with E-state index in [0.717, 1.165) is 19.5 Å². The van der Waals surface area contributed by atoms with Gasteiger partial charge in [0.15, 0.2) is 5.78 Å². The number of carbonyl (C=O) groups is 1. The van der Waals surface area contributed by atoms with Crippen LogP contribution in [0.1, 0.15) is 25.8 Å². The number of benzene rings is 1. The van der Waals surface area contributed by atoms with Gasteiger partial charge in [0.1, 0.15) is 0 Å². The van der Waals surface area contributed by atoms with Crippen LogP contribution in [-0.2, 0) is 11.3 Å². The lowest BCUT2D eigenvalue weighted by Gasteiger charge is -2.35. The lowest BCUT2D eigenvalue weighted by atomic mass is 9.81. The first-order valence-corrected chi connectivity index (χ1v) is 6.90. The minimum absolute atomic E-state index is 0.134. The minimum Gasteiger partial charge on any atom is -0.378 e. The highest BCUT2D eigenvalue weighted by atomic mass is 16.1. The summed E-state index contributed by atoms with van der Waals surface area (Å²) in [5, 5.41) is 0. The average Bonchev–Trinajstić information content (AvgIpc) is 2.35. The molecule has 1 saturated heterocycles. The van der Waals surface area contributed by atoms with Crippen molar-refractivity contribution in [3.8, 4) is 0 Å². The van der Waals surface area contributed by atoms with Gasteiger partial charge < -0.3 is 4.90 Å². The van der Waals surface area contributed by atoms with E-state index >= 15 is 0 Å². The lowest BCUT2D eigenvalue weighted by Crippen LogP contribution is -2.44. The highest BCUT2D eigenvalue weighted by molar-refractivity contribution is 5.86. The number of likely N-dealkylation sites (tertiary alicyclic amines) is 1. The van der Waals surface area contributed by atoms with Crippen LogP contribution in [0.5, 0.6) is 0 Å². The van der Waals surface area contributed by atoms with Gasteiger partial charge in [-0.15, -0.1) is 0 Å². The Bertz CT molecular complexity index is 448. The van der Waals surface area contributed by atoms with Crippen LogP contribution in [-0.4, -0.2) is 37.9 Å². The van der Waals surface area contributed by atoms with Crippen molar-refractivity contribution in [2.45, 2.75) is 26.8 Å². The van der Waals surface area contributed by atoms with Gasteiger partial charge in [0.2, 0.25) is 0 Å². The zero-order valence-electron chi connectivity index (χ0n) is 12.4. The maximum atomic E-state index is 12.0. The fourth-order valence-electron chi connectivity index (χ4n) is 2.37. The molecule has 3 heteroatoms. The second-order valence-electron chi connectivity index (χ2n) is 6.33. The largest absolute Gasteiger partial charge is 0.378 e. The van der Waals surface area contributed by atoms with Crippen LogP contribution < -0.4 is 4.90 Å². The van der Waals surface area contributed by atoms with Gasteiger partial charge >= 0.3 is 0 Å². The molecule has 0 amide bonds. The van der Waals surface area contributed by atoms with Crippen LogP contribution in [0.25, 0.3) is 0 Å². The summed E-state index contributed by atoms with van der Waals surface area (Å²) in [6.45, 7) is 6.57. The van der Waals surface area contributed by atoms with Crippen molar-refractivity contribution in [2.75, 3.05) is 32.1 Å². The molecule has 0 spiro atoms. The predicted octanol–water partition coefficient (Wildman–Crippen LogP) is 2.55. The van der Waals surface area contributed by atoms with Crippen LogP contribution in [0.2, 0.25) is 0 Å². The molecule has 0 aliphatic carbocycles. The van der Waals surface area contributed by atoms with E-state index in [0.29, 0.717) is 12.3 Å². The van der Waals surface area contributed by atoms with Crippen molar-refractivity contribution >= 4 is 11.5 Å². The van der Waals surface area contributed by atoms with E-state index in [-0.39, 0.29) is 5.41 Å². The molecule has 104 valence electrons. The summed E-state index contributed by atoms with van der Waals surface area (Å²) >= 11 is 0. The fraction of sp³-hybridized carbons (Fsp3) is 0.562. The van der Waals surface area contributed by atoms with Crippen molar-refractivity contribution in [1.82, 2.24) is 4.90 Å². The zero-order valence-corrected chi connectivity index (χ0v) is 12.4. The van der Waals surface area contributed by atoms with Gasteiger partial charge in [0.25, 0.3) is 0 Å². The number of hydrogen-bond donors (Lipinski definition) is 0. The molecule has 1 aromatic carbocycles. The van der Waals surface area contributed by atoms with Crippen molar-refractivity contribution in [3.05, 3.63) is 29.8 Å². The van der Waals surface area contributed by atoms with E-state index in [1.54, 1.807) is 0 Å². The maximum absolute atomic E-state index is 12.0. The Hall–Kier alpha value is -1.35. The third kappa shape index (κ3) is 3.35. The van der Waals surface area contributed by atoms with Crippen LogP contribution in [0.4, 0.5) is 5.69 Å². The Morgan fingerprint density at radius 2 is 1.84 bits per heavy atom. The van der Waals surface area contributed by atoms with Gasteiger partial charge in [-0.1, -0.05) is 26.0 Å². The zero-order chi connectivity index (χ0) is 14.0. The molecule has 0 N–H and O–H groups in total. The number of hydrogen-bond acceptors (Lipinski definition) is 3. The molecule has 1 aromatic rings. The fourth-order valence-corrected chi connectivity index (χ4v) is 2.37. The Morgan fingerprint density at radius 3 is 2.37 bits per heavy atom. The van der Waals surface area contributed by atoms with Gasteiger partial charge in [0, 0.05) is 31.7 Å². The molecule has 1 fully saturated rings. The van der Waals surface area contributed by atoms with Crippen LogP contribution >= 0.6 is 0 Å². The van der Waals surface area contributed by atoms with Crippen LogP contribution in [0, 0.1) is 5.41 Å². The molecule has 2 rings (SSSR count). The molecule has 0 atom stereocenters. The Kier molecular flexibility index (Phi) is 3.95. The van der Waals surface area contributed by atoms with Gasteiger partial charge in [0.05, 0.1) is 6.54 Å². The second-order valence-corrected chi connectivity index (χ2v) is 6.33. The quantitative estimate of drug-likeness (QED) is 0.834. The number of rotatable bonds is 3. The monoisotopic (exact) mass is 260 g/mol. The van der Waals surface area contributed by atoms with Crippen LogP contribution in [0.15, 0.2) is 24.3 Å². The summed E-state index contributed by atoms with van der Waals surface area (Å²) in [4.78, 5) is 16.4. The van der Waals surface area contributed by atoms with Gasteiger partial charge in [-0.05, 0) is 30.7 Å². The number of anilines is 1. The molecule has 0 aromatic heterocycles. The topological polar surface area (TPSA) is 23.6 Å². The molecule has 0 radical (unpaired) electrons. The molecular formula is C16H24N2O. The standard InChI is InChI=1S/C16H24N2O/c1-16(2)9-10-18(12-15(16)19)11-13-5-7-14(8-6-13)17(3)4/h5-8H,9-12H2,1-4H3. The van der Waals surface area contributed by atoms with Gasteiger partial charge in [-0.25, -0.2) is 0 Å². The summed E-state index contributed by atoms with van der Waals surface area (Å²) in [6, 6.07) is 8.56. The molecule has 19 heavy (non-hydrogen) atoms. The molecule has 1 aliphatic rings. The van der Waals surface area contributed by atoms with Gasteiger partial charge in [-0.2, -0.15) is 0 Å². The molecular weight excluding hydrogens is 236 g/mol. The smallest absolute Gasteiger partial charge is 0.152 e. The summed E-state index contributed by atoms with van der Waals surface area (Å²) in [5.74, 6) is 0.365. The summed E-state index contributed by atoms with van der Waals surface area (Å²) < 4.78 is 0. The minimum atomic E-state index is -0.134. The van der Waals surface area contributed by atoms with E-state index in [9.17, 15) is 4.79 Å². The first kappa shape index (κ1) is 14.1. The maximum Gasteiger partial charge on any atom is 0.152 e. The Morgan fingerprint density at radius 1 is 1.21 bits per heavy atom. The number of carbonyl (C=O) groups excluding carboxylic acids is 1. The normalized spacial score (nSPS) is 19.5. The molecule has 3 nitrogen and oxygen atoms in total. The molecule has 0 bridgehead atoms. The Balaban J connectivity index is 1.97. The average molecular weight is 260 g/mol. The second kappa shape index (κ2) is 5.33. The molecule has 1 heterocycles. The summed E-state index contributed by atoms with van der Waals surface area (Å²) in [7, 11) is 4.08. The van der Waals surface area contributed by atoms with Crippen molar-refractivity contribution in [3.63, 3.8) is 0 Å². The van der Waals surface area contributed by atoms with Crippen LogP contribution in [0.3, 0.4) is 0 Å². The van der Waals surface area contributed by atoms with E-state index in [1.165, 1.54) is 11.3 Å². The van der Waals surface area contributed by atoms with E-state index in [1.807, 2.05) is 14.1 Å². The van der Waals surface area contributed by atoms with E-state index in [2.05, 4.69) is 47.9 Å². The highest BCUT2D eigenvalue weighted by Gasteiger charge is 2.33. The Labute approximate surface area is 116 Å². The first-order valence-electron chi connectivity index (χ1n) is 6.90. The van der Waals surface area contributed by atoms with E-state index in [4.69, 9.17) is 0 Å². The van der Waals surface area contributed by atoms with Crippen molar-refractivity contribution in [1.29, 1.82) is 0 Å². The summed E-state index contributed by atoms with van der Waals surface area (Å²) in [6.07, 6.45) is 0.960. The van der Waals surface area contributed by atoms with Gasteiger partial charge in [-0.3, -0.25) is 9.69 Å². The van der Waals surface area contributed by atoms with E-state index < -0.39 is 0 Å². The lowest BCUT2D eigenvalue weighted by molar-refractivity contribution is -0.132. The third-order valence-electron chi connectivity index (χ3n) is 4.03. The van der Waals surface area contributed by atoms with Crippen molar-refractivity contribution < 1.29 is 4.79 Å². The molecule has 0 unspecified atom stereocenters. The number of piperidine rings is 1. The molecule has 1 aliphatic heterocycles. The third-order valence-corrected chi connectivity index (χ3v) is 4.03. The number of ketones is 1. The predicted molar refractivity (Wildman–Crippen MR) is 79.5 cm³/mol. The number of Topliss-reactive ketones (excluding diaryl/α,β-unsaturated/α-hetero) is 1. The first-order chi connectivity index (χ1) is 8.88. The molecule has 0 saturated carbocycles.